The number of hydrogen-bond donors (Lipinski definition) is 2. The van der Waals surface area contributed by atoms with E-state index in [-0.39, 0.29) is 5.56 Å². The number of ether oxygens (including phenoxy) is 2. The second kappa shape index (κ2) is 12.6. The SMILES string of the molecule is CN=C(NCCCOCCOC)NCC(c1c(F)cccc1F)N(C)C. The van der Waals surface area contributed by atoms with E-state index in [1.165, 1.54) is 18.2 Å². The molecule has 0 saturated heterocycles. The Morgan fingerprint density at radius 2 is 1.85 bits per heavy atom. The first kappa shape index (κ1) is 22.3. The second-order valence-electron chi connectivity index (χ2n) is 5.95. The Balaban J connectivity index is 2.49. The molecule has 8 heteroatoms. The highest BCUT2D eigenvalue weighted by Gasteiger charge is 2.22. The monoisotopic (exact) mass is 372 g/mol. The molecule has 0 heterocycles. The molecule has 1 atom stereocenters. The summed E-state index contributed by atoms with van der Waals surface area (Å²) in [6.07, 6.45) is 0.809. The van der Waals surface area contributed by atoms with Gasteiger partial charge in [0.25, 0.3) is 0 Å². The summed E-state index contributed by atoms with van der Waals surface area (Å²) in [6, 6.07) is 3.44. The number of aliphatic imine (C=N–C) groups is 1. The zero-order valence-corrected chi connectivity index (χ0v) is 16.0. The molecule has 0 bridgehead atoms. The van der Waals surface area contributed by atoms with Crippen molar-refractivity contribution in [2.24, 2.45) is 4.99 Å². The van der Waals surface area contributed by atoms with Crippen molar-refractivity contribution in [3.05, 3.63) is 35.4 Å². The van der Waals surface area contributed by atoms with E-state index in [2.05, 4.69) is 15.6 Å². The predicted octanol–water partition coefficient (Wildman–Crippen LogP) is 1.79. The lowest BCUT2D eigenvalue weighted by atomic mass is 10.0. The lowest BCUT2D eigenvalue weighted by Gasteiger charge is -2.26. The number of hydrogen-bond acceptors (Lipinski definition) is 4. The molecule has 0 aliphatic rings. The molecule has 6 nitrogen and oxygen atoms in total. The Morgan fingerprint density at radius 1 is 1.15 bits per heavy atom. The standard InChI is InChI=1S/C18H30F2N4O2/c1-21-18(22-9-6-10-26-12-11-25-4)23-13-16(24(2)3)17-14(19)7-5-8-15(17)20/h5,7-8,16H,6,9-13H2,1-4H3,(H2,21,22,23). The van der Waals surface area contributed by atoms with Crippen LogP contribution in [0, 0.1) is 11.6 Å². The number of methoxy groups -OCH3 is 1. The molecule has 0 saturated carbocycles. The molecule has 1 aromatic carbocycles. The van der Waals surface area contributed by atoms with E-state index in [0.29, 0.717) is 38.9 Å². The molecule has 0 fully saturated rings. The molecule has 26 heavy (non-hydrogen) atoms. The lowest BCUT2D eigenvalue weighted by Crippen LogP contribution is -2.42. The molecule has 1 rings (SSSR count). The van der Waals surface area contributed by atoms with Gasteiger partial charge >= 0.3 is 0 Å². The Labute approximate surface area is 154 Å². The van der Waals surface area contributed by atoms with Crippen LogP contribution in [0.1, 0.15) is 18.0 Å². The summed E-state index contributed by atoms with van der Waals surface area (Å²) in [7, 11) is 6.85. The van der Waals surface area contributed by atoms with E-state index >= 15 is 0 Å². The molecular formula is C18H30F2N4O2. The maximum Gasteiger partial charge on any atom is 0.191 e. The van der Waals surface area contributed by atoms with E-state index < -0.39 is 17.7 Å². The molecule has 1 unspecified atom stereocenters. The molecule has 0 spiro atoms. The van der Waals surface area contributed by atoms with Crippen molar-refractivity contribution < 1.29 is 18.3 Å². The van der Waals surface area contributed by atoms with E-state index in [0.717, 1.165) is 6.42 Å². The van der Waals surface area contributed by atoms with Crippen LogP contribution in [0.3, 0.4) is 0 Å². The van der Waals surface area contributed by atoms with Crippen LogP contribution in [0.4, 0.5) is 8.78 Å². The zero-order valence-electron chi connectivity index (χ0n) is 16.0. The van der Waals surface area contributed by atoms with Crippen LogP contribution < -0.4 is 10.6 Å². The Morgan fingerprint density at radius 3 is 2.42 bits per heavy atom. The summed E-state index contributed by atoms with van der Waals surface area (Å²) < 4.78 is 38.5. The Kier molecular flexibility index (Phi) is 10.8. The molecule has 0 amide bonds. The number of guanidine groups is 1. The van der Waals surface area contributed by atoms with E-state index in [9.17, 15) is 8.78 Å². The van der Waals surface area contributed by atoms with Crippen molar-refractivity contribution in [1.29, 1.82) is 0 Å². The van der Waals surface area contributed by atoms with Crippen molar-refractivity contribution in [2.45, 2.75) is 12.5 Å². The van der Waals surface area contributed by atoms with Crippen LogP contribution in [-0.4, -0.2) is 72.0 Å². The van der Waals surface area contributed by atoms with Crippen LogP contribution in [0.5, 0.6) is 0 Å². The Hall–Kier alpha value is -1.77. The maximum atomic E-state index is 14.1. The molecular weight excluding hydrogens is 342 g/mol. The van der Waals surface area contributed by atoms with Crippen LogP contribution in [-0.2, 0) is 9.47 Å². The van der Waals surface area contributed by atoms with Gasteiger partial charge in [0.2, 0.25) is 0 Å². The van der Waals surface area contributed by atoms with E-state index in [4.69, 9.17) is 9.47 Å². The first-order chi connectivity index (χ1) is 12.5. The topological polar surface area (TPSA) is 58.1 Å². The van der Waals surface area contributed by atoms with Gasteiger partial charge in [-0.1, -0.05) is 6.07 Å². The minimum atomic E-state index is -0.554. The van der Waals surface area contributed by atoms with Crippen molar-refractivity contribution >= 4 is 5.96 Å². The van der Waals surface area contributed by atoms with Crippen molar-refractivity contribution in [3.8, 4) is 0 Å². The summed E-state index contributed by atoms with van der Waals surface area (Å²) >= 11 is 0. The quantitative estimate of drug-likeness (QED) is 0.352. The third kappa shape index (κ3) is 7.63. The number of nitrogens with one attached hydrogen (secondary N) is 2. The predicted molar refractivity (Wildman–Crippen MR) is 99.5 cm³/mol. The van der Waals surface area contributed by atoms with Crippen molar-refractivity contribution in [3.63, 3.8) is 0 Å². The van der Waals surface area contributed by atoms with Gasteiger partial charge in [0.1, 0.15) is 11.6 Å². The normalized spacial score (nSPS) is 13.1. The average molecular weight is 372 g/mol. The Bertz CT molecular complexity index is 536. The smallest absolute Gasteiger partial charge is 0.191 e. The minimum absolute atomic E-state index is 0.0481. The molecule has 1 aromatic rings. The number of benzene rings is 1. The summed E-state index contributed by atoms with van der Waals surface area (Å²) in [4.78, 5) is 5.90. The van der Waals surface area contributed by atoms with Gasteiger partial charge in [0.15, 0.2) is 5.96 Å². The number of likely N-dealkylation sites (N-methyl/N-ethyl adjacent to an activating group) is 1. The minimum Gasteiger partial charge on any atom is -0.382 e. The highest BCUT2D eigenvalue weighted by atomic mass is 19.1. The fraction of sp³-hybridized carbons (Fsp3) is 0.611. The number of halogens is 2. The fourth-order valence-electron chi connectivity index (χ4n) is 2.41. The van der Waals surface area contributed by atoms with Crippen LogP contribution >= 0.6 is 0 Å². The first-order valence-electron chi connectivity index (χ1n) is 8.62. The van der Waals surface area contributed by atoms with Gasteiger partial charge in [0.05, 0.1) is 19.3 Å². The summed E-state index contributed by atoms with van der Waals surface area (Å²) in [5.41, 5.74) is 0.0481. The zero-order chi connectivity index (χ0) is 19.4. The maximum absolute atomic E-state index is 14.1. The lowest BCUT2D eigenvalue weighted by molar-refractivity contribution is 0.0698. The van der Waals surface area contributed by atoms with Crippen molar-refractivity contribution in [1.82, 2.24) is 15.5 Å². The summed E-state index contributed by atoms with van der Waals surface area (Å²) in [5, 5.41) is 6.27. The van der Waals surface area contributed by atoms with E-state index in [1.807, 2.05) is 0 Å². The molecule has 148 valence electrons. The van der Waals surface area contributed by atoms with Gasteiger partial charge in [-0.15, -0.1) is 0 Å². The molecule has 0 aliphatic heterocycles. The fourth-order valence-corrected chi connectivity index (χ4v) is 2.41. The second-order valence-corrected chi connectivity index (χ2v) is 5.95. The van der Waals surface area contributed by atoms with Crippen LogP contribution in [0.2, 0.25) is 0 Å². The van der Waals surface area contributed by atoms with Gasteiger partial charge < -0.3 is 25.0 Å². The van der Waals surface area contributed by atoms with Crippen molar-refractivity contribution in [2.75, 3.05) is 61.2 Å². The van der Waals surface area contributed by atoms with Gasteiger partial charge in [-0.25, -0.2) is 8.78 Å². The van der Waals surface area contributed by atoms with Crippen LogP contribution in [0.25, 0.3) is 0 Å². The molecule has 2 N–H and O–H groups in total. The molecule has 0 aliphatic carbocycles. The third-order valence-electron chi connectivity index (χ3n) is 3.83. The van der Waals surface area contributed by atoms with Gasteiger partial charge in [-0.05, 0) is 32.6 Å². The molecule has 0 radical (unpaired) electrons. The summed E-state index contributed by atoms with van der Waals surface area (Å²) in [6.45, 7) is 2.76. The first-order valence-corrected chi connectivity index (χ1v) is 8.62. The largest absolute Gasteiger partial charge is 0.382 e. The highest BCUT2D eigenvalue weighted by molar-refractivity contribution is 5.79. The highest BCUT2D eigenvalue weighted by Crippen LogP contribution is 2.23. The number of rotatable bonds is 11. The van der Waals surface area contributed by atoms with Crippen LogP contribution in [0.15, 0.2) is 23.2 Å². The average Bonchev–Trinajstić information content (AvgIpc) is 2.61. The molecule has 0 aromatic heterocycles. The van der Waals surface area contributed by atoms with Gasteiger partial charge in [-0.2, -0.15) is 0 Å². The van der Waals surface area contributed by atoms with Gasteiger partial charge in [0, 0.05) is 39.4 Å². The third-order valence-corrected chi connectivity index (χ3v) is 3.83. The summed E-state index contributed by atoms with van der Waals surface area (Å²) in [5.74, 6) is -0.534. The van der Waals surface area contributed by atoms with Gasteiger partial charge in [-0.3, -0.25) is 4.99 Å². The van der Waals surface area contributed by atoms with E-state index in [1.54, 1.807) is 33.2 Å². The number of nitrogens with zero attached hydrogens (tertiary/aromatic N) is 2.